The van der Waals surface area contributed by atoms with Crippen LogP contribution in [0, 0.1) is 0 Å². The molecule has 2 aliphatic heterocycles. The number of rotatable bonds is 1. The maximum Gasteiger partial charge on any atom is 0.0903 e. The fourth-order valence-electron chi connectivity index (χ4n) is 3.18. The molecular formula is C14H20N2O. The molecule has 0 aromatic heterocycles. The Kier molecular flexibility index (Phi) is 2.90. The highest BCUT2D eigenvalue weighted by atomic mass is 16.5. The molecule has 0 saturated carbocycles. The average molecular weight is 232 g/mol. The van der Waals surface area contributed by atoms with E-state index in [1.165, 1.54) is 5.56 Å². The van der Waals surface area contributed by atoms with E-state index >= 15 is 0 Å². The van der Waals surface area contributed by atoms with E-state index in [4.69, 9.17) is 4.74 Å². The summed E-state index contributed by atoms with van der Waals surface area (Å²) in [6.45, 7) is 3.11. The lowest BCUT2D eigenvalue weighted by Crippen LogP contribution is -2.58. The third kappa shape index (κ3) is 2.10. The van der Waals surface area contributed by atoms with Crippen molar-refractivity contribution in [3.8, 4) is 0 Å². The minimum Gasteiger partial charge on any atom is -0.369 e. The number of benzene rings is 1. The predicted octanol–water partition coefficient (Wildman–Crippen LogP) is 1.37. The third-order valence-electron chi connectivity index (χ3n) is 3.83. The van der Waals surface area contributed by atoms with Gasteiger partial charge in [-0.05, 0) is 19.7 Å². The maximum absolute atomic E-state index is 6.15. The van der Waals surface area contributed by atoms with Gasteiger partial charge in [0.15, 0.2) is 0 Å². The molecule has 1 aromatic rings. The topological polar surface area (TPSA) is 15.7 Å². The monoisotopic (exact) mass is 232 g/mol. The summed E-state index contributed by atoms with van der Waals surface area (Å²) in [6, 6.07) is 11.1. The standard InChI is InChI=1S/C14H20N2O/c1-15-8-12-9-16(2)14(13(10-15)17-12)11-6-4-3-5-7-11/h3-7,12-14H,8-10H2,1-2H3/t12?,13-,14+/m0/s1. The lowest BCUT2D eigenvalue weighted by molar-refractivity contribution is -0.158. The number of nitrogens with zero attached hydrogens (tertiary/aromatic N) is 2. The number of fused-ring (bicyclic) bond motifs is 2. The van der Waals surface area contributed by atoms with Crippen molar-refractivity contribution in [2.75, 3.05) is 33.7 Å². The Labute approximate surface area is 103 Å². The molecule has 3 nitrogen and oxygen atoms in total. The van der Waals surface area contributed by atoms with E-state index in [1.807, 2.05) is 0 Å². The first kappa shape index (κ1) is 11.2. The van der Waals surface area contributed by atoms with Gasteiger partial charge in [0, 0.05) is 19.6 Å². The van der Waals surface area contributed by atoms with Gasteiger partial charge in [0.05, 0.1) is 18.2 Å². The molecular weight excluding hydrogens is 212 g/mol. The fraction of sp³-hybridized carbons (Fsp3) is 0.571. The Bertz CT molecular complexity index is 377. The number of morpholine rings is 2. The van der Waals surface area contributed by atoms with Gasteiger partial charge in [0.25, 0.3) is 0 Å². The summed E-state index contributed by atoms with van der Waals surface area (Å²) in [5.74, 6) is 0. The number of ether oxygens (including phenoxy) is 1. The van der Waals surface area contributed by atoms with Crippen LogP contribution in [0.1, 0.15) is 11.6 Å². The second-order valence-electron chi connectivity index (χ2n) is 5.31. The molecule has 3 atom stereocenters. The molecule has 17 heavy (non-hydrogen) atoms. The molecule has 0 N–H and O–H groups in total. The molecule has 0 amide bonds. The normalized spacial score (nSPS) is 34.8. The Morgan fingerprint density at radius 3 is 2.59 bits per heavy atom. The molecule has 2 heterocycles. The van der Waals surface area contributed by atoms with Crippen molar-refractivity contribution in [3.05, 3.63) is 35.9 Å². The van der Waals surface area contributed by atoms with Crippen LogP contribution in [0.3, 0.4) is 0 Å². The van der Waals surface area contributed by atoms with Crippen molar-refractivity contribution in [1.29, 1.82) is 0 Å². The molecule has 0 aliphatic carbocycles. The van der Waals surface area contributed by atoms with Gasteiger partial charge in [0.2, 0.25) is 0 Å². The van der Waals surface area contributed by atoms with Crippen molar-refractivity contribution in [2.24, 2.45) is 0 Å². The first-order valence-corrected chi connectivity index (χ1v) is 6.33. The minimum atomic E-state index is 0.305. The summed E-state index contributed by atoms with van der Waals surface area (Å²) in [7, 11) is 4.40. The summed E-state index contributed by atoms with van der Waals surface area (Å²) < 4.78 is 6.15. The Hall–Kier alpha value is -0.900. The quantitative estimate of drug-likeness (QED) is 0.727. The zero-order valence-corrected chi connectivity index (χ0v) is 10.5. The van der Waals surface area contributed by atoms with Crippen LogP contribution in [0.25, 0.3) is 0 Å². The van der Waals surface area contributed by atoms with Crippen molar-refractivity contribution >= 4 is 0 Å². The van der Waals surface area contributed by atoms with Crippen LogP contribution >= 0.6 is 0 Å². The molecule has 2 saturated heterocycles. The van der Waals surface area contributed by atoms with E-state index < -0.39 is 0 Å². The van der Waals surface area contributed by atoms with Crippen LogP contribution in [-0.4, -0.2) is 55.7 Å². The highest BCUT2D eigenvalue weighted by Gasteiger charge is 2.39. The Morgan fingerprint density at radius 1 is 1.06 bits per heavy atom. The summed E-state index contributed by atoms with van der Waals surface area (Å²) >= 11 is 0. The molecule has 2 aliphatic rings. The first-order chi connectivity index (χ1) is 8.24. The zero-order valence-electron chi connectivity index (χ0n) is 10.5. The SMILES string of the molecule is CN1CC2CN(C)[C@H](c3ccccc3)[C@H](C1)O2. The van der Waals surface area contributed by atoms with Crippen LogP contribution in [0.5, 0.6) is 0 Å². The van der Waals surface area contributed by atoms with Crippen LogP contribution in [0.2, 0.25) is 0 Å². The van der Waals surface area contributed by atoms with Crippen LogP contribution in [0.15, 0.2) is 30.3 Å². The van der Waals surface area contributed by atoms with Gasteiger partial charge in [-0.15, -0.1) is 0 Å². The molecule has 0 radical (unpaired) electrons. The lowest BCUT2D eigenvalue weighted by atomic mass is 9.95. The average Bonchev–Trinajstić information content (AvgIpc) is 2.28. The third-order valence-corrected chi connectivity index (χ3v) is 3.83. The van der Waals surface area contributed by atoms with E-state index in [0.29, 0.717) is 18.2 Å². The molecule has 1 unspecified atom stereocenters. The summed E-state index contributed by atoms with van der Waals surface area (Å²) in [5.41, 5.74) is 1.37. The van der Waals surface area contributed by atoms with Gasteiger partial charge in [-0.1, -0.05) is 30.3 Å². The second kappa shape index (κ2) is 4.41. The van der Waals surface area contributed by atoms with E-state index in [-0.39, 0.29) is 0 Å². The van der Waals surface area contributed by atoms with E-state index in [9.17, 15) is 0 Å². The molecule has 92 valence electrons. The molecule has 3 heteroatoms. The van der Waals surface area contributed by atoms with E-state index in [1.54, 1.807) is 0 Å². The van der Waals surface area contributed by atoms with E-state index in [0.717, 1.165) is 19.6 Å². The Morgan fingerprint density at radius 2 is 1.82 bits per heavy atom. The lowest BCUT2D eigenvalue weighted by Gasteiger charge is -2.48. The summed E-state index contributed by atoms with van der Waals surface area (Å²) in [6.07, 6.45) is 0.684. The van der Waals surface area contributed by atoms with Crippen LogP contribution in [-0.2, 0) is 4.74 Å². The van der Waals surface area contributed by atoms with Gasteiger partial charge in [-0.2, -0.15) is 0 Å². The molecule has 1 aromatic carbocycles. The van der Waals surface area contributed by atoms with Crippen molar-refractivity contribution in [2.45, 2.75) is 18.2 Å². The van der Waals surface area contributed by atoms with Gasteiger partial charge in [-0.25, -0.2) is 0 Å². The maximum atomic E-state index is 6.15. The van der Waals surface area contributed by atoms with Crippen LogP contribution < -0.4 is 0 Å². The van der Waals surface area contributed by atoms with Crippen molar-refractivity contribution in [1.82, 2.24) is 9.80 Å². The van der Waals surface area contributed by atoms with Crippen molar-refractivity contribution in [3.63, 3.8) is 0 Å². The number of hydrogen-bond donors (Lipinski definition) is 0. The molecule has 2 bridgehead atoms. The van der Waals surface area contributed by atoms with Gasteiger partial charge < -0.3 is 9.64 Å². The second-order valence-corrected chi connectivity index (χ2v) is 5.31. The zero-order chi connectivity index (χ0) is 11.8. The molecule has 3 rings (SSSR count). The highest BCUT2D eigenvalue weighted by Crippen LogP contribution is 2.33. The largest absolute Gasteiger partial charge is 0.369 e. The summed E-state index contributed by atoms with van der Waals surface area (Å²) in [4.78, 5) is 4.84. The first-order valence-electron chi connectivity index (χ1n) is 6.33. The molecule has 0 spiro atoms. The highest BCUT2D eigenvalue weighted by molar-refractivity contribution is 5.21. The van der Waals surface area contributed by atoms with Crippen LogP contribution in [0.4, 0.5) is 0 Å². The number of hydrogen-bond acceptors (Lipinski definition) is 3. The summed E-state index contributed by atoms with van der Waals surface area (Å²) in [5, 5.41) is 0. The predicted molar refractivity (Wildman–Crippen MR) is 68.0 cm³/mol. The molecule has 2 fully saturated rings. The van der Waals surface area contributed by atoms with Crippen molar-refractivity contribution < 1.29 is 4.74 Å². The van der Waals surface area contributed by atoms with E-state index in [2.05, 4.69) is 54.2 Å². The smallest absolute Gasteiger partial charge is 0.0903 e. The van der Waals surface area contributed by atoms with Gasteiger partial charge >= 0.3 is 0 Å². The minimum absolute atomic E-state index is 0.305. The number of likely N-dealkylation sites (N-methyl/N-ethyl adjacent to an activating group) is 2. The van der Waals surface area contributed by atoms with Gasteiger partial charge in [-0.3, -0.25) is 4.90 Å². The Balaban J connectivity index is 1.88. The fourth-order valence-corrected chi connectivity index (χ4v) is 3.18. The van der Waals surface area contributed by atoms with Gasteiger partial charge in [0.1, 0.15) is 0 Å².